The van der Waals surface area contributed by atoms with E-state index in [1.165, 1.54) is 30.3 Å². The van der Waals surface area contributed by atoms with Crippen molar-refractivity contribution in [1.82, 2.24) is 10.6 Å². The summed E-state index contributed by atoms with van der Waals surface area (Å²) in [6, 6.07) is 7.41. The summed E-state index contributed by atoms with van der Waals surface area (Å²) in [6.07, 6.45) is -8.24. The molecule has 0 aliphatic carbocycles. The predicted octanol–water partition coefficient (Wildman–Crippen LogP) is 0.941. The van der Waals surface area contributed by atoms with Gasteiger partial charge in [0.25, 0.3) is 11.7 Å². The summed E-state index contributed by atoms with van der Waals surface area (Å²) < 4.78 is 38.6. The number of carbonyl (C=O) groups excluding carboxylic acids is 2. The number of carboxylic acid groups (broad SMARTS) is 1. The maximum absolute atomic E-state index is 14.1. The van der Waals surface area contributed by atoms with Gasteiger partial charge in [0.15, 0.2) is 11.6 Å². The van der Waals surface area contributed by atoms with Crippen LogP contribution in [-0.2, 0) is 25.7 Å². The van der Waals surface area contributed by atoms with Crippen molar-refractivity contribution in [3.8, 4) is 0 Å². The Morgan fingerprint density at radius 1 is 1.15 bits per heavy atom. The zero-order valence-corrected chi connectivity index (χ0v) is 22.1. The van der Waals surface area contributed by atoms with Crippen LogP contribution < -0.4 is 10.6 Å². The second-order valence-corrected chi connectivity index (χ2v) is 9.62. The SMILES string of the molecule is O=C(CCl)N[C@@H]1[C@@H]([C@@H](O)[C@H](O)CNC(=O)c2ccc(Cl)cc2)O[C@@](OCc2cccc(F)c2F)(C(=O)O)C[C@H]1O. The van der Waals surface area contributed by atoms with Crippen LogP contribution >= 0.6 is 23.2 Å². The van der Waals surface area contributed by atoms with Crippen molar-refractivity contribution in [1.29, 1.82) is 0 Å². The molecule has 6 atom stereocenters. The van der Waals surface area contributed by atoms with Crippen molar-refractivity contribution in [2.75, 3.05) is 12.4 Å². The van der Waals surface area contributed by atoms with Gasteiger partial charge in [-0.25, -0.2) is 13.6 Å². The monoisotopic (exact) mass is 606 g/mol. The average molecular weight is 607 g/mol. The maximum Gasteiger partial charge on any atom is 0.364 e. The van der Waals surface area contributed by atoms with Crippen molar-refractivity contribution < 1.29 is 53.1 Å². The number of carboxylic acids is 1. The van der Waals surface area contributed by atoms with E-state index in [1.807, 2.05) is 0 Å². The highest BCUT2D eigenvalue weighted by Gasteiger charge is 2.56. The molecule has 218 valence electrons. The Morgan fingerprint density at radius 2 is 1.82 bits per heavy atom. The second-order valence-electron chi connectivity index (χ2n) is 8.92. The molecule has 1 heterocycles. The van der Waals surface area contributed by atoms with Crippen molar-refractivity contribution in [3.63, 3.8) is 0 Å². The molecule has 3 rings (SSSR count). The quantitative estimate of drug-likeness (QED) is 0.203. The van der Waals surface area contributed by atoms with E-state index in [-0.39, 0.29) is 11.1 Å². The molecule has 15 heteroatoms. The molecule has 1 fully saturated rings. The van der Waals surface area contributed by atoms with Crippen LogP contribution in [0.25, 0.3) is 0 Å². The normalized spacial score (nSPS) is 24.1. The molecule has 40 heavy (non-hydrogen) atoms. The lowest BCUT2D eigenvalue weighted by atomic mass is 9.88. The number of nitrogens with one attached hydrogen (secondary N) is 2. The number of hydrogen-bond acceptors (Lipinski definition) is 8. The maximum atomic E-state index is 14.1. The Kier molecular flexibility index (Phi) is 10.8. The molecule has 2 aromatic carbocycles. The second kappa shape index (κ2) is 13.6. The summed E-state index contributed by atoms with van der Waals surface area (Å²) in [5, 5.41) is 47.3. The molecule has 0 aromatic heterocycles. The Bertz CT molecular complexity index is 1220. The van der Waals surface area contributed by atoms with E-state index in [1.54, 1.807) is 0 Å². The van der Waals surface area contributed by atoms with Gasteiger partial charge in [-0.2, -0.15) is 0 Å². The first kappa shape index (κ1) is 31.6. The van der Waals surface area contributed by atoms with Crippen LogP contribution in [0.5, 0.6) is 0 Å². The van der Waals surface area contributed by atoms with Gasteiger partial charge < -0.3 is 40.5 Å². The fourth-order valence-electron chi connectivity index (χ4n) is 4.03. The van der Waals surface area contributed by atoms with Gasteiger partial charge in [-0.3, -0.25) is 9.59 Å². The fraction of sp³-hybridized carbons (Fsp3) is 0.400. The Morgan fingerprint density at radius 3 is 2.45 bits per heavy atom. The molecule has 6 N–H and O–H groups in total. The number of aliphatic hydroxyl groups excluding tert-OH is 3. The summed E-state index contributed by atoms with van der Waals surface area (Å²) in [4.78, 5) is 36.6. The van der Waals surface area contributed by atoms with Crippen molar-refractivity contribution in [2.24, 2.45) is 0 Å². The van der Waals surface area contributed by atoms with Crippen LogP contribution in [0.4, 0.5) is 8.78 Å². The van der Waals surface area contributed by atoms with Crippen LogP contribution in [0.15, 0.2) is 42.5 Å². The summed E-state index contributed by atoms with van der Waals surface area (Å²) in [5.41, 5.74) is -0.177. The number of rotatable bonds is 11. The van der Waals surface area contributed by atoms with Crippen LogP contribution in [0.3, 0.4) is 0 Å². The summed E-state index contributed by atoms with van der Waals surface area (Å²) in [7, 11) is 0. The third-order valence-corrected chi connectivity index (χ3v) is 6.64. The number of aliphatic carboxylic acids is 1. The summed E-state index contributed by atoms with van der Waals surface area (Å²) in [5.74, 6) is -9.05. The number of hydrogen-bond donors (Lipinski definition) is 6. The molecule has 11 nitrogen and oxygen atoms in total. The minimum Gasteiger partial charge on any atom is -0.477 e. The standard InChI is InChI=1S/C25H26Cl2F2N2O9/c26-9-18(34)31-20-16(32)8-25(24(37)38,39-11-13-2-1-3-15(28)19(13)29)40-22(20)21(35)17(33)10-30-23(36)12-4-6-14(27)7-5-12/h1-7,16-17,20-22,32-33,35H,8-11H2,(H,30,36)(H,31,34)(H,37,38)/t16-,17-,20+,21+,22+,25-/m1/s1. The number of amides is 2. The zero-order valence-electron chi connectivity index (χ0n) is 20.6. The third kappa shape index (κ3) is 7.43. The third-order valence-electron chi connectivity index (χ3n) is 6.15. The molecule has 0 unspecified atom stereocenters. The van der Waals surface area contributed by atoms with E-state index < -0.39 is 91.1 Å². The van der Waals surface area contributed by atoms with E-state index in [0.29, 0.717) is 5.02 Å². The molecule has 0 radical (unpaired) electrons. The highest BCUT2D eigenvalue weighted by molar-refractivity contribution is 6.30. The van der Waals surface area contributed by atoms with Gasteiger partial charge in [-0.1, -0.05) is 23.7 Å². The van der Waals surface area contributed by atoms with Gasteiger partial charge in [0.05, 0.1) is 24.9 Å². The number of alkyl halides is 1. The highest BCUT2D eigenvalue weighted by Crippen LogP contribution is 2.34. The lowest BCUT2D eigenvalue weighted by Crippen LogP contribution is -2.68. The average Bonchev–Trinajstić information content (AvgIpc) is 2.93. The van der Waals surface area contributed by atoms with Crippen molar-refractivity contribution >= 4 is 41.0 Å². The largest absolute Gasteiger partial charge is 0.477 e. The first-order valence-corrected chi connectivity index (χ1v) is 12.7. The van der Waals surface area contributed by atoms with Gasteiger partial charge >= 0.3 is 5.97 Å². The highest BCUT2D eigenvalue weighted by atomic mass is 35.5. The number of carbonyl (C=O) groups is 3. The van der Waals surface area contributed by atoms with Crippen LogP contribution in [0.2, 0.25) is 5.02 Å². The lowest BCUT2D eigenvalue weighted by molar-refractivity contribution is -0.314. The number of ether oxygens (including phenoxy) is 2. The minimum atomic E-state index is -2.72. The fourth-order valence-corrected chi connectivity index (χ4v) is 4.24. The van der Waals surface area contributed by atoms with Gasteiger partial charge in [0.1, 0.15) is 18.1 Å². The molecule has 1 saturated heterocycles. The lowest BCUT2D eigenvalue weighted by Gasteiger charge is -2.46. The van der Waals surface area contributed by atoms with Crippen molar-refractivity contribution in [2.45, 2.75) is 49.3 Å². The minimum absolute atomic E-state index is 0.186. The number of halogens is 4. The topological polar surface area (TPSA) is 175 Å². The van der Waals surface area contributed by atoms with Gasteiger partial charge in [-0.05, 0) is 30.3 Å². The molecular weight excluding hydrogens is 581 g/mol. The van der Waals surface area contributed by atoms with E-state index >= 15 is 0 Å². The zero-order chi connectivity index (χ0) is 29.6. The summed E-state index contributed by atoms with van der Waals surface area (Å²) in [6.45, 7) is -1.38. The number of aliphatic hydroxyl groups is 3. The van der Waals surface area contributed by atoms with E-state index in [2.05, 4.69) is 10.6 Å². The predicted molar refractivity (Wildman–Crippen MR) is 135 cm³/mol. The van der Waals surface area contributed by atoms with Crippen LogP contribution in [0, 0.1) is 11.6 Å². The first-order valence-electron chi connectivity index (χ1n) is 11.8. The molecule has 2 aromatic rings. The van der Waals surface area contributed by atoms with Gasteiger partial charge in [0, 0.05) is 29.1 Å². The first-order chi connectivity index (χ1) is 18.9. The van der Waals surface area contributed by atoms with Crippen LogP contribution in [0.1, 0.15) is 22.3 Å². The molecule has 0 spiro atoms. The number of benzene rings is 2. The molecule has 2 amide bonds. The molecule has 1 aliphatic heterocycles. The van der Waals surface area contributed by atoms with Crippen LogP contribution in [-0.4, -0.2) is 86.9 Å². The molecule has 0 bridgehead atoms. The van der Waals surface area contributed by atoms with E-state index in [0.717, 1.165) is 12.1 Å². The Hall–Kier alpha value is -2.91. The van der Waals surface area contributed by atoms with E-state index in [9.17, 15) is 43.6 Å². The molecule has 0 saturated carbocycles. The molecule has 1 aliphatic rings. The van der Waals surface area contributed by atoms with Gasteiger partial charge in [0.2, 0.25) is 5.91 Å². The van der Waals surface area contributed by atoms with Gasteiger partial charge in [-0.15, -0.1) is 11.6 Å². The van der Waals surface area contributed by atoms with Crippen molar-refractivity contribution in [3.05, 3.63) is 70.2 Å². The smallest absolute Gasteiger partial charge is 0.364 e. The Labute approximate surface area is 236 Å². The Balaban J connectivity index is 1.82. The summed E-state index contributed by atoms with van der Waals surface area (Å²) >= 11 is 11.3. The van der Waals surface area contributed by atoms with E-state index in [4.69, 9.17) is 32.7 Å². The molecular formula is C25H26Cl2F2N2O9.